The molecular formula is C16H15BrN2O4S2. The summed E-state index contributed by atoms with van der Waals surface area (Å²) in [6, 6.07) is 10.2. The van der Waals surface area contributed by atoms with Crippen molar-refractivity contribution >= 4 is 52.6 Å². The number of fused-ring (bicyclic) bond motifs is 1. The second-order valence-electron chi connectivity index (χ2n) is 4.98. The molecule has 1 aromatic heterocycles. The number of thiazole rings is 1. The number of nitrogens with zero attached hydrogens (tertiary/aromatic N) is 1. The van der Waals surface area contributed by atoms with E-state index >= 15 is 0 Å². The van der Waals surface area contributed by atoms with Crippen LogP contribution in [-0.4, -0.2) is 27.1 Å². The fourth-order valence-corrected chi connectivity index (χ4v) is 5.03. The zero-order valence-electron chi connectivity index (χ0n) is 13.4. The van der Waals surface area contributed by atoms with Crippen LogP contribution in [0, 0.1) is 0 Å². The van der Waals surface area contributed by atoms with Crippen LogP contribution in [-0.2, 0) is 10.0 Å². The monoisotopic (exact) mass is 442 g/mol. The maximum atomic E-state index is 12.8. The Hall–Kier alpha value is -1.84. The summed E-state index contributed by atoms with van der Waals surface area (Å²) in [5.41, 5.74) is 0.697. The molecule has 0 bridgehead atoms. The third-order valence-electron chi connectivity index (χ3n) is 3.31. The van der Waals surface area contributed by atoms with Gasteiger partial charge in [-0.15, -0.1) is 0 Å². The molecule has 3 rings (SSSR count). The van der Waals surface area contributed by atoms with E-state index in [-0.39, 0.29) is 10.0 Å². The Morgan fingerprint density at radius 1 is 1.24 bits per heavy atom. The molecule has 0 amide bonds. The van der Waals surface area contributed by atoms with Crippen LogP contribution in [0.5, 0.6) is 11.5 Å². The second kappa shape index (κ2) is 7.19. The zero-order valence-corrected chi connectivity index (χ0v) is 16.7. The smallest absolute Gasteiger partial charge is 0.267 e. The number of anilines is 1. The van der Waals surface area contributed by atoms with Gasteiger partial charge in [0, 0.05) is 4.47 Å². The van der Waals surface area contributed by atoms with E-state index in [1.165, 1.54) is 17.4 Å². The predicted molar refractivity (Wildman–Crippen MR) is 102 cm³/mol. The fraction of sp³-hybridized carbons (Fsp3) is 0.188. The van der Waals surface area contributed by atoms with Crippen LogP contribution in [0.3, 0.4) is 0 Å². The number of ether oxygens (including phenoxy) is 2. The summed E-state index contributed by atoms with van der Waals surface area (Å²) < 4.78 is 40.2. The first kappa shape index (κ1) is 18.0. The molecule has 2 aromatic carbocycles. The zero-order chi connectivity index (χ0) is 18.0. The van der Waals surface area contributed by atoms with E-state index in [0.717, 1.165) is 4.70 Å². The molecule has 132 valence electrons. The Bertz CT molecular complexity index is 1020. The number of benzene rings is 2. The molecule has 0 saturated heterocycles. The van der Waals surface area contributed by atoms with E-state index in [4.69, 9.17) is 9.47 Å². The lowest BCUT2D eigenvalue weighted by Crippen LogP contribution is -2.14. The first-order valence-electron chi connectivity index (χ1n) is 7.32. The van der Waals surface area contributed by atoms with Gasteiger partial charge in [0.1, 0.15) is 16.4 Å². The van der Waals surface area contributed by atoms with Gasteiger partial charge in [0.25, 0.3) is 10.0 Å². The highest BCUT2D eigenvalue weighted by atomic mass is 79.9. The number of halogens is 1. The van der Waals surface area contributed by atoms with Crippen molar-refractivity contribution in [3.63, 3.8) is 0 Å². The highest BCUT2D eigenvalue weighted by molar-refractivity contribution is 9.10. The Labute approximate surface area is 158 Å². The molecule has 0 aliphatic rings. The molecular weight excluding hydrogens is 428 g/mol. The molecule has 9 heteroatoms. The largest absolute Gasteiger partial charge is 0.497 e. The predicted octanol–water partition coefficient (Wildman–Crippen LogP) is 4.27. The lowest BCUT2D eigenvalue weighted by Gasteiger charge is -2.11. The van der Waals surface area contributed by atoms with Gasteiger partial charge in [-0.25, -0.2) is 13.4 Å². The third-order valence-corrected chi connectivity index (χ3v) is 6.23. The standard InChI is InChI=1S/C16H15BrN2O4S2/c1-3-23-13-7-4-10(17)8-15(13)25(20,21)19-16-18-12-6-5-11(22-2)9-14(12)24-16/h4-9H,3H2,1-2H3,(H,18,19). The minimum Gasteiger partial charge on any atom is -0.497 e. The second-order valence-corrected chi connectivity index (χ2v) is 8.58. The van der Waals surface area contributed by atoms with E-state index in [0.29, 0.717) is 28.1 Å². The van der Waals surface area contributed by atoms with Crippen LogP contribution in [0.15, 0.2) is 45.8 Å². The quantitative estimate of drug-likeness (QED) is 0.616. The van der Waals surface area contributed by atoms with E-state index in [1.807, 2.05) is 6.07 Å². The highest BCUT2D eigenvalue weighted by Gasteiger charge is 2.22. The van der Waals surface area contributed by atoms with Crippen molar-refractivity contribution in [2.24, 2.45) is 0 Å². The summed E-state index contributed by atoms with van der Waals surface area (Å²) in [7, 11) is -2.26. The van der Waals surface area contributed by atoms with E-state index < -0.39 is 10.0 Å². The van der Waals surface area contributed by atoms with Gasteiger partial charge in [-0.2, -0.15) is 0 Å². The molecule has 0 spiro atoms. The minimum absolute atomic E-state index is 0.0561. The van der Waals surface area contributed by atoms with Crippen LogP contribution < -0.4 is 14.2 Å². The molecule has 1 heterocycles. The number of nitrogens with one attached hydrogen (secondary N) is 1. The Morgan fingerprint density at radius 2 is 2.04 bits per heavy atom. The van der Waals surface area contributed by atoms with Crippen molar-refractivity contribution in [2.75, 3.05) is 18.4 Å². The van der Waals surface area contributed by atoms with E-state index in [1.54, 1.807) is 38.3 Å². The number of hydrogen-bond donors (Lipinski definition) is 1. The maximum absolute atomic E-state index is 12.8. The number of aromatic nitrogens is 1. The van der Waals surface area contributed by atoms with Crippen molar-refractivity contribution in [1.29, 1.82) is 0 Å². The number of rotatable bonds is 6. The fourth-order valence-electron chi connectivity index (χ4n) is 2.21. The van der Waals surface area contributed by atoms with E-state index in [2.05, 4.69) is 25.6 Å². The highest BCUT2D eigenvalue weighted by Crippen LogP contribution is 2.33. The van der Waals surface area contributed by atoms with Crippen LogP contribution in [0.4, 0.5) is 5.13 Å². The van der Waals surface area contributed by atoms with Crippen LogP contribution in [0.1, 0.15) is 6.92 Å². The van der Waals surface area contributed by atoms with Crippen molar-refractivity contribution < 1.29 is 17.9 Å². The van der Waals surface area contributed by atoms with Gasteiger partial charge in [0.05, 0.1) is 23.9 Å². The Kier molecular flexibility index (Phi) is 5.16. The van der Waals surface area contributed by atoms with Gasteiger partial charge in [-0.1, -0.05) is 27.3 Å². The average molecular weight is 443 g/mol. The van der Waals surface area contributed by atoms with E-state index in [9.17, 15) is 8.42 Å². The molecule has 6 nitrogen and oxygen atoms in total. The lowest BCUT2D eigenvalue weighted by molar-refractivity contribution is 0.331. The van der Waals surface area contributed by atoms with Gasteiger partial charge >= 0.3 is 0 Å². The number of methoxy groups -OCH3 is 1. The van der Waals surface area contributed by atoms with Crippen LogP contribution in [0.2, 0.25) is 0 Å². The molecule has 25 heavy (non-hydrogen) atoms. The first-order valence-corrected chi connectivity index (χ1v) is 10.4. The minimum atomic E-state index is -3.84. The Balaban J connectivity index is 1.98. The summed E-state index contributed by atoms with van der Waals surface area (Å²) in [6.45, 7) is 2.16. The number of hydrogen-bond acceptors (Lipinski definition) is 6. The van der Waals surface area contributed by atoms with Gasteiger partial charge in [-0.05, 0) is 43.3 Å². The summed E-state index contributed by atoms with van der Waals surface area (Å²) in [5, 5.41) is 0.283. The van der Waals surface area contributed by atoms with Crippen molar-refractivity contribution in [1.82, 2.24) is 4.98 Å². The molecule has 0 saturated carbocycles. The molecule has 0 unspecified atom stereocenters. The van der Waals surface area contributed by atoms with Crippen molar-refractivity contribution in [3.05, 3.63) is 40.9 Å². The molecule has 1 N–H and O–H groups in total. The molecule has 3 aromatic rings. The van der Waals surface area contributed by atoms with Crippen molar-refractivity contribution in [2.45, 2.75) is 11.8 Å². The van der Waals surface area contributed by atoms with Crippen LogP contribution in [0.25, 0.3) is 10.2 Å². The summed E-state index contributed by atoms with van der Waals surface area (Å²) in [4.78, 5) is 4.37. The summed E-state index contributed by atoms with van der Waals surface area (Å²) in [5.74, 6) is 0.983. The molecule has 0 aliphatic carbocycles. The summed E-state index contributed by atoms with van der Waals surface area (Å²) >= 11 is 4.53. The first-order chi connectivity index (χ1) is 11.9. The molecule has 0 atom stereocenters. The average Bonchev–Trinajstić information content (AvgIpc) is 2.96. The number of sulfonamides is 1. The SMILES string of the molecule is CCOc1ccc(Br)cc1S(=O)(=O)Nc1nc2ccc(OC)cc2s1. The van der Waals surface area contributed by atoms with Gasteiger partial charge in [0.2, 0.25) is 0 Å². The maximum Gasteiger partial charge on any atom is 0.267 e. The molecule has 0 aliphatic heterocycles. The Morgan fingerprint density at radius 3 is 2.76 bits per heavy atom. The molecule has 0 radical (unpaired) electrons. The van der Waals surface area contributed by atoms with Gasteiger partial charge in [0.15, 0.2) is 5.13 Å². The normalized spacial score (nSPS) is 11.5. The van der Waals surface area contributed by atoms with Crippen LogP contribution >= 0.6 is 27.3 Å². The lowest BCUT2D eigenvalue weighted by atomic mass is 10.3. The van der Waals surface area contributed by atoms with Crippen molar-refractivity contribution in [3.8, 4) is 11.5 Å². The topological polar surface area (TPSA) is 77.5 Å². The summed E-state index contributed by atoms with van der Waals surface area (Å²) in [6.07, 6.45) is 0. The molecule has 0 fully saturated rings. The van der Waals surface area contributed by atoms with Gasteiger partial charge in [-0.3, -0.25) is 4.72 Å². The van der Waals surface area contributed by atoms with Gasteiger partial charge < -0.3 is 9.47 Å². The third kappa shape index (κ3) is 3.88.